The van der Waals surface area contributed by atoms with Crippen LogP contribution in [0.5, 0.6) is 0 Å². The first-order chi connectivity index (χ1) is 5.00. The largest absolute Gasteiger partial charge is 0.394 e. The molecule has 12 heavy (non-hydrogen) atoms. The lowest BCUT2D eigenvalue weighted by atomic mass is 13.4. The minimum Gasteiger partial charge on any atom is -0.264 e. The monoisotopic (exact) mass is 224 g/mol. The van der Waals surface area contributed by atoms with Crippen LogP contribution in [0.2, 0.25) is 0 Å². The van der Waals surface area contributed by atoms with Gasteiger partial charge in [-0.25, -0.2) is 0 Å². The van der Waals surface area contributed by atoms with Crippen molar-refractivity contribution in [3.05, 3.63) is 0 Å². The molecule has 10 nitrogen and oxygen atoms in total. The van der Waals surface area contributed by atoms with E-state index in [1.807, 2.05) is 0 Å². The van der Waals surface area contributed by atoms with E-state index in [1.165, 1.54) is 0 Å². The fraction of sp³-hybridized carbons (Fsp3) is 0. The molecule has 0 unspecified atom stereocenters. The molecule has 4 N–H and O–H groups in total. The fourth-order valence-corrected chi connectivity index (χ4v) is 0. The third kappa shape index (κ3) is 864. The summed E-state index contributed by atoms with van der Waals surface area (Å²) in [6.07, 6.45) is 0. The second-order valence-corrected chi connectivity index (χ2v) is 2.69. The van der Waals surface area contributed by atoms with Gasteiger partial charge in [-0.3, -0.25) is 18.2 Å². The predicted molar refractivity (Wildman–Crippen MR) is 31.8 cm³/mol. The van der Waals surface area contributed by atoms with Gasteiger partial charge in [-0.05, 0) is 0 Å². The van der Waals surface area contributed by atoms with E-state index >= 15 is 0 Å². The van der Waals surface area contributed by atoms with Crippen LogP contribution in [0.15, 0.2) is 0 Å². The van der Waals surface area contributed by atoms with Crippen LogP contribution in [-0.2, 0) is 20.8 Å². The van der Waals surface area contributed by atoms with Crippen molar-refractivity contribution in [3.63, 3.8) is 0 Å². The van der Waals surface area contributed by atoms with Gasteiger partial charge in [0.25, 0.3) is 0 Å². The lowest BCUT2D eigenvalue weighted by Crippen LogP contribution is -1.89. The molecule has 12 heteroatoms. The molecule has 0 fully saturated rings. The van der Waals surface area contributed by atoms with Gasteiger partial charge in [0.05, 0.1) is 0 Å². The Labute approximate surface area is 67.4 Å². The lowest BCUT2D eigenvalue weighted by molar-refractivity contribution is 0.378. The summed E-state index contributed by atoms with van der Waals surface area (Å²) in [5, 5.41) is 12.0. The van der Waals surface area contributed by atoms with Crippen LogP contribution >= 0.6 is 0 Å². The van der Waals surface area contributed by atoms with Gasteiger partial charge in [0.2, 0.25) is 0 Å². The van der Waals surface area contributed by atoms with E-state index in [4.69, 9.17) is 45.8 Å². The summed E-state index contributed by atoms with van der Waals surface area (Å²) in [6, 6.07) is 0. The predicted octanol–water partition coefficient (Wildman–Crippen LogP) is -1.28. The van der Waals surface area contributed by atoms with Crippen LogP contribution in [0.1, 0.15) is 0 Å². The van der Waals surface area contributed by atoms with Crippen LogP contribution in [0.3, 0.4) is 0 Å². The maximum absolute atomic E-state index is 8.74. The molecular weight excluding hydrogens is 220 g/mol. The highest BCUT2D eigenvalue weighted by Crippen LogP contribution is 1.59. The Balaban J connectivity index is -0.000000112. The Hall–Kier alpha value is -0.840. The van der Waals surface area contributed by atoms with Crippen molar-refractivity contribution in [1.82, 2.24) is 0 Å². The van der Waals surface area contributed by atoms with Crippen molar-refractivity contribution < 1.29 is 35.0 Å². The van der Waals surface area contributed by atoms with Crippen LogP contribution < -0.4 is 0 Å². The Bertz CT molecular complexity index is 245. The molecule has 0 aromatic carbocycles. The maximum atomic E-state index is 8.74. The number of rotatable bonds is 0. The molecule has 0 saturated heterocycles. The van der Waals surface area contributed by atoms with Crippen LogP contribution in [0, 0.1) is 10.8 Å². The molecule has 0 amide bonds. The Kier molecular flexibility index (Phi) is 9.87. The number of hydrogen-bond donors (Lipinski definition) is 4. The molecule has 0 spiro atoms. The highest BCUT2D eigenvalue weighted by molar-refractivity contribution is 7.80. The molecule has 0 radical (unpaired) electrons. The van der Waals surface area contributed by atoms with Gasteiger partial charge in [-0.1, -0.05) is 0 Å². The van der Waals surface area contributed by atoms with Crippen molar-refractivity contribution in [2.45, 2.75) is 0 Å². The van der Waals surface area contributed by atoms with Gasteiger partial charge in [0.1, 0.15) is 0 Å². The first-order valence-electron chi connectivity index (χ1n) is 1.60. The molecular formula is H4N2O8S2. The Morgan fingerprint density at radius 3 is 0.667 bits per heavy atom. The molecule has 0 atom stereocenters. The first-order valence-corrected chi connectivity index (χ1v) is 4.39. The van der Waals surface area contributed by atoms with Gasteiger partial charge in [-0.2, -0.15) is 16.8 Å². The molecule has 0 heterocycles. The van der Waals surface area contributed by atoms with Gasteiger partial charge in [0, 0.05) is 10.8 Å². The summed E-state index contributed by atoms with van der Waals surface area (Å²) in [7, 11) is -9.33. The summed E-state index contributed by atoms with van der Waals surface area (Å²) < 4.78 is 63.2. The molecule has 0 aromatic heterocycles. The van der Waals surface area contributed by atoms with Gasteiger partial charge < -0.3 is 0 Å². The summed E-state index contributed by atoms with van der Waals surface area (Å²) >= 11 is 0. The third-order valence-corrected chi connectivity index (χ3v) is 0. The van der Waals surface area contributed by atoms with E-state index in [1.54, 1.807) is 0 Å². The van der Waals surface area contributed by atoms with E-state index in [0.29, 0.717) is 0 Å². The number of hydrogen-bond acceptors (Lipinski definition) is 6. The number of nitrogens with zero attached hydrogens (tertiary/aromatic N) is 2. The highest BCUT2D eigenvalue weighted by atomic mass is 32.3. The van der Waals surface area contributed by atoms with Crippen LogP contribution in [0.25, 0.3) is 0 Å². The van der Waals surface area contributed by atoms with Gasteiger partial charge >= 0.3 is 20.8 Å². The molecule has 0 aliphatic carbocycles. The molecule has 0 aliphatic rings. The SMILES string of the molecule is N#N.O=S(=O)(O)O.O=S(=O)(O)O. The highest BCUT2D eigenvalue weighted by Gasteiger charge is 1.85. The van der Waals surface area contributed by atoms with E-state index < -0.39 is 20.8 Å². The second kappa shape index (κ2) is 6.84. The van der Waals surface area contributed by atoms with Gasteiger partial charge in [0.15, 0.2) is 0 Å². The van der Waals surface area contributed by atoms with Crippen LogP contribution in [-0.4, -0.2) is 35.0 Å². The van der Waals surface area contributed by atoms with Crippen molar-refractivity contribution >= 4 is 20.8 Å². The minimum absolute atomic E-state index is 4.67. The van der Waals surface area contributed by atoms with Crippen LogP contribution in [0.4, 0.5) is 0 Å². The Morgan fingerprint density at radius 1 is 0.667 bits per heavy atom. The van der Waals surface area contributed by atoms with Crippen molar-refractivity contribution in [2.24, 2.45) is 0 Å². The summed E-state index contributed by atoms with van der Waals surface area (Å²) in [5.74, 6) is 0. The lowest BCUT2D eigenvalue weighted by Gasteiger charge is -1.68. The third-order valence-electron chi connectivity index (χ3n) is 0. The first kappa shape index (κ1) is 17.3. The average Bonchev–Trinajstić information content (AvgIpc) is 1.59. The zero-order valence-corrected chi connectivity index (χ0v) is 6.77. The smallest absolute Gasteiger partial charge is 0.264 e. The Morgan fingerprint density at radius 2 is 0.667 bits per heavy atom. The summed E-state index contributed by atoms with van der Waals surface area (Å²) in [5.41, 5.74) is 0. The molecule has 74 valence electrons. The van der Waals surface area contributed by atoms with E-state index in [0.717, 1.165) is 0 Å². The standard InChI is InChI=1S/N2.2H2O4S/c1-2;2*1-5(2,3)4/h;2*(H2,1,2,3,4). The zero-order valence-electron chi connectivity index (χ0n) is 5.13. The fourth-order valence-electron chi connectivity index (χ4n) is 0. The zero-order chi connectivity index (χ0) is 11.0. The van der Waals surface area contributed by atoms with E-state index in [9.17, 15) is 0 Å². The van der Waals surface area contributed by atoms with E-state index in [-0.39, 0.29) is 0 Å². The second-order valence-electron chi connectivity index (χ2n) is 0.896. The average molecular weight is 224 g/mol. The molecule has 0 rings (SSSR count). The van der Waals surface area contributed by atoms with Crippen molar-refractivity contribution in [3.8, 4) is 0 Å². The summed E-state index contributed by atoms with van der Waals surface area (Å²) in [6.45, 7) is 0. The van der Waals surface area contributed by atoms with E-state index in [2.05, 4.69) is 0 Å². The maximum Gasteiger partial charge on any atom is 0.394 e. The van der Waals surface area contributed by atoms with Gasteiger partial charge in [-0.15, -0.1) is 0 Å². The molecule has 0 aromatic rings. The minimum atomic E-state index is -4.67. The van der Waals surface area contributed by atoms with Crippen molar-refractivity contribution in [1.29, 1.82) is 10.8 Å². The van der Waals surface area contributed by atoms with Crippen molar-refractivity contribution in [2.75, 3.05) is 0 Å². The summed E-state index contributed by atoms with van der Waals surface area (Å²) in [4.78, 5) is 0. The molecule has 0 aliphatic heterocycles. The quantitative estimate of drug-likeness (QED) is 0.284. The molecule has 0 saturated carbocycles. The molecule has 0 bridgehead atoms. The normalized spacial score (nSPS) is 9.83. The topological polar surface area (TPSA) is 197 Å².